The van der Waals surface area contributed by atoms with Crippen LogP contribution in [0.15, 0.2) is 48.5 Å². The lowest BCUT2D eigenvalue weighted by Crippen LogP contribution is -2.10. The smallest absolute Gasteiger partial charge is 0.200 e. The van der Waals surface area contributed by atoms with Gasteiger partial charge in [0.25, 0.3) is 0 Å². The lowest BCUT2D eigenvalue weighted by Gasteiger charge is -2.26. The molecule has 0 aliphatic heterocycles. The molecule has 0 nitrogen and oxygen atoms in total. The zero-order valence-electron chi connectivity index (χ0n) is 29.2. The molecule has 0 spiro atoms. The van der Waals surface area contributed by atoms with Crippen LogP contribution in [0, 0.1) is 116 Å². The fourth-order valence-corrected chi connectivity index (χ4v) is 7.46. The van der Waals surface area contributed by atoms with E-state index in [4.69, 9.17) is 0 Å². The van der Waals surface area contributed by atoms with E-state index in [2.05, 4.69) is 0 Å². The first-order valence-electron chi connectivity index (χ1n) is 16.7. The molecule has 0 unspecified atom stereocenters. The Morgan fingerprint density at radius 2 is 0.290 bits per heavy atom. The third-order valence-corrected chi connectivity index (χ3v) is 10.0. The van der Waals surface area contributed by atoms with Gasteiger partial charge in [-0.25, -0.2) is 87.8 Å². The van der Waals surface area contributed by atoms with Crippen LogP contribution in [0.4, 0.5) is 87.8 Å². The van der Waals surface area contributed by atoms with Crippen molar-refractivity contribution in [3.63, 3.8) is 0 Å². The van der Waals surface area contributed by atoms with Crippen LogP contribution in [0.1, 0.15) is 0 Å². The third-order valence-electron chi connectivity index (χ3n) is 10.0. The molecule has 0 amide bonds. The summed E-state index contributed by atoms with van der Waals surface area (Å²) in [5.41, 5.74) is -15.8. The van der Waals surface area contributed by atoms with Crippen LogP contribution in [0.3, 0.4) is 0 Å². The summed E-state index contributed by atoms with van der Waals surface area (Å²) in [5, 5.41) is -8.44. The second-order valence-corrected chi connectivity index (χ2v) is 13.1. The normalized spacial score (nSPS) is 11.9. The summed E-state index contributed by atoms with van der Waals surface area (Å²) in [7, 11) is 0. The molecule has 0 aliphatic carbocycles. The average molecular weight is 892 g/mol. The van der Waals surface area contributed by atoms with Crippen LogP contribution in [0.25, 0.3) is 76.8 Å². The molecule has 8 aromatic rings. The minimum absolute atomic E-state index is 0.549. The predicted octanol–water partition coefficient (Wildman–Crippen LogP) is 14.6. The molecule has 0 aliphatic rings. The quantitative estimate of drug-likeness (QED) is 0.0715. The minimum Gasteiger partial charge on any atom is -0.203 e. The first-order chi connectivity index (χ1) is 29.2. The Morgan fingerprint density at radius 1 is 0.161 bits per heavy atom. The fourth-order valence-electron chi connectivity index (χ4n) is 7.46. The zero-order valence-corrected chi connectivity index (χ0v) is 29.2. The highest BCUT2D eigenvalue weighted by Crippen LogP contribution is 2.57. The van der Waals surface area contributed by atoms with Gasteiger partial charge in [-0.05, 0) is 21.5 Å². The van der Waals surface area contributed by atoms with E-state index in [0.717, 1.165) is 24.3 Å². The van der Waals surface area contributed by atoms with Gasteiger partial charge in [0.15, 0.2) is 93.1 Å². The molecule has 0 saturated heterocycles. The van der Waals surface area contributed by atoms with Crippen LogP contribution in [0.2, 0.25) is 0 Å². The van der Waals surface area contributed by atoms with Gasteiger partial charge < -0.3 is 0 Å². The van der Waals surface area contributed by atoms with Gasteiger partial charge in [-0.3, -0.25) is 0 Å². The Hall–Kier alpha value is -6.86. The number of fused-ring (bicyclic) bond motifs is 3. The molecule has 8 rings (SSSR count). The molecule has 62 heavy (non-hydrogen) atoms. The summed E-state index contributed by atoms with van der Waals surface area (Å²) in [6.07, 6.45) is 0. The maximum Gasteiger partial charge on any atom is 0.200 e. The van der Waals surface area contributed by atoms with Gasteiger partial charge in [-0.1, -0.05) is 48.5 Å². The van der Waals surface area contributed by atoms with Crippen LogP contribution in [-0.4, -0.2) is 0 Å². The monoisotopic (exact) mass is 892 g/mol. The SMILES string of the molecule is Fc1c(F)c(F)c(-c2c3ccccc3c(-c3c(F)c(F)c(F)c(F)c3F)c3c(-c4c(F)c(F)c(F)c(F)c4F)c4ccccc4c(-c4c(F)c(F)c(F)c(F)c4F)c23)c(F)c1F. The van der Waals surface area contributed by atoms with Gasteiger partial charge in [0.2, 0.25) is 23.3 Å². The molecule has 0 heterocycles. The number of benzene rings is 8. The highest BCUT2D eigenvalue weighted by Gasteiger charge is 2.39. The molecule has 0 N–H and O–H groups in total. The molecule has 20 heteroatoms. The molecule has 0 bridgehead atoms. The van der Waals surface area contributed by atoms with Gasteiger partial charge in [-0.15, -0.1) is 0 Å². The zero-order chi connectivity index (χ0) is 45.3. The highest BCUT2D eigenvalue weighted by atomic mass is 19.2. The lowest BCUT2D eigenvalue weighted by atomic mass is 9.77. The first-order valence-corrected chi connectivity index (χ1v) is 16.7. The van der Waals surface area contributed by atoms with Crippen molar-refractivity contribution in [2.24, 2.45) is 0 Å². The van der Waals surface area contributed by atoms with Crippen molar-refractivity contribution in [1.29, 1.82) is 0 Å². The van der Waals surface area contributed by atoms with E-state index in [-0.39, 0.29) is 0 Å². The predicted molar refractivity (Wildman–Crippen MR) is 180 cm³/mol. The molecule has 0 fully saturated rings. The molecule has 8 aromatic carbocycles. The van der Waals surface area contributed by atoms with Crippen molar-refractivity contribution in [3.05, 3.63) is 165 Å². The van der Waals surface area contributed by atoms with Crippen molar-refractivity contribution in [1.82, 2.24) is 0 Å². The number of hydrogen-bond donors (Lipinski definition) is 0. The summed E-state index contributed by atoms with van der Waals surface area (Å²) < 4.78 is 309. The van der Waals surface area contributed by atoms with Crippen molar-refractivity contribution >= 4 is 32.3 Å². The van der Waals surface area contributed by atoms with Gasteiger partial charge in [0, 0.05) is 33.0 Å². The van der Waals surface area contributed by atoms with E-state index in [9.17, 15) is 17.6 Å². The van der Waals surface area contributed by atoms with E-state index >= 15 is 70.2 Å². The van der Waals surface area contributed by atoms with Crippen molar-refractivity contribution in [3.8, 4) is 44.5 Å². The van der Waals surface area contributed by atoms with Gasteiger partial charge in [0.05, 0.1) is 22.3 Å². The standard InChI is InChI=1S/C42H8F20/c43-23-19(24(44)32(52)39(59)31(23)51)13-9-5-1-2-6-10(9)14(20-25(45)33(53)40(60)34(54)26(20)46)18-16(22-29(49)37(57)42(62)38(58)30(22)50)12-8-4-3-7-11(12)15(17(13)18)21-27(47)35(55)41(61)36(56)28(21)48/h1-8H. The van der Waals surface area contributed by atoms with E-state index in [0.29, 0.717) is 24.3 Å². The van der Waals surface area contributed by atoms with Gasteiger partial charge >= 0.3 is 0 Å². The number of rotatable bonds is 4. The first kappa shape index (κ1) is 41.9. The number of hydrogen-bond acceptors (Lipinski definition) is 0. The average Bonchev–Trinajstić information content (AvgIpc) is 3.27. The van der Waals surface area contributed by atoms with E-state index in [1.165, 1.54) is 0 Å². The summed E-state index contributed by atoms with van der Waals surface area (Å²) >= 11 is 0. The third kappa shape index (κ3) is 5.43. The van der Waals surface area contributed by atoms with Gasteiger partial charge in [0.1, 0.15) is 0 Å². The molecule has 0 saturated carbocycles. The second-order valence-electron chi connectivity index (χ2n) is 13.1. The van der Waals surface area contributed by atoms with E-state index in [1.807, 2.05) is 0 Å². The lowest BCUT2D eigenvalue weighted by molar-refractivity contribution is 0.381. The van der Waals surface area contributed by atoms with Crippen LogP contribution in [-0.2, 0) is 0 Å². The molecule has 0 radical (unpaired) electrons. The fraction of sp³-hybridized carbons (Fsp3) is 0. The van der Waals surface area contributed by atoms with E-state index in [1.54, 1.807) is 0 Å². The Balaban J connectivity index is 1.92. The summed E-state index contributed by atoms with van der Waals surface area (Å²) in [4.78, 5) is 0. The topological polar surface area (TPSA) is 0 Å². The maximum atomic E-state index is 16.2. The Morgan fingerprint density at radius 3 is 0.435 bits per heavy atom. The molecular formula is C42H8F20. The molecular weight excluding hydrogens is 884 g/mol. The maximum absolute atomic E-state index is 16.2. The van der Waals surface area contributed by atoms with Crippen molar-refractivity contribution in [2.45, 2.75) is 0 Å². The van der Waals surface area contributed by atoms with Crippen molar-refractivity contribution in [2.75, 3.05) is 0 Å². The van der Waals surface area contributed by atoms with Crippen molar-refractivity contribution < 1.29 is 87.8 Å². The number of halogens is 20. The van der Waals surface area contributed by atoms with Crippen LogP contribution < -0.4 is 0 Å². The summed E-state index contributed by atoms with van der Waals surface area (Å²) in [6, 6.07) is 5.40. The largest absolute Gasteiger partial charge is 0.203 e. The summed E-state index contributed by atoms with van der Waals surface area (Å²) in [5.74, 6) is -57.3. The second kappa shape index (κ2) is 14.4. The van der Waals surface area contributed by atoms with E-state index < -0.39 is 193 Å². The van der Waals surface area contributed by atoms with Crippen LogP contribution >= 0.6 is 0 Å². The highest BCUT2D eigenvalue weighted by molar-refractivity contribution is 6.34. The Kier molecular flexibility index (Phi) is 9.70. The Bertz CT molecular complexity index is 2800. The minimum atomic E-state index is -2.90. The van der Waals surface area contributed by atoms with Crippen LogP contribution in [0.5, 0.6) is 0 Å². The summed E-state index contributed by atoms with van der Waals surface area (Å²) in [6.45, 7) is 0. The molecule has 0 atom stereocenters. The molecule has 0 aromatic heterocycles. The van der Waals surface area contributed by atoms with Gasteiger partial charge in [-0.2, -0.15) is 0 Å². The molecule has 316 valence electrons. The Labute approximate surface area is 329 Å².